The number of methoxy groups -OCH3 is 2. The first-order valence-corrected chi connectivity index (χ1v) is 9.04. The molecule has 0 unspecified atom stereocenters. The van der Waals surface area contributed by atoms with Crippen molar-refractivity contribution in [2.75, 3.05) is 20.8 Å². The van der Waals surface area contributed by atoms with E-state index in [0.717, 1.165) is 0 Å². The van der Waals surface area contributed by atoms with Crippen LogP contribution in [0.5, 0.6) is 23.0 Å². The smallest absolute Gasteiger partial charge is 0.344 e. The molecule has 0 atom stereocenters. The fraction of sp³-hybridized carbons (Fsp3) is 0.273. The summed E-state index contributed by atoms with van der Waals surface area (Å²) >= 11 is 0. The number of carbonyl (C=O) groups excluding carboxylic acids is 2. The summed E-state index contributed by atoms with van der Waals surface area (Å²) in [5, 5.41) is 0. The van der Waals surface area contributed by atoms with Crippen molar-refractivity contribution in [1.29, 1.82) is 0 Å². The Bertz CT molecular complexity index is 960. The summed E-state index contributed by atoms with van der Waals surface area (Å²) in [7, 11) is 3.10. The van der Waals surface area contributed by atoms with Crippen LogP contribution in [0.3, 0.4) is 0 Å². The van der Waals surface area contributed by atoms with Crippen molar-refractivity contribution in [2.24, 2.45) is 0 Å². The minimum atomic E-state index is -0.468. The number of fused-ring (bicyclic) bond motifs is 1. The molecule has 0 saturated carbocycles. The Morgan fingerprint density at radius 2 is 1.83 bits per heavy atom. The van der Waals surface area contributed by atoms with E-state index >= 15 is 0 Å². The molecule has 0 amide bonds. The molecule has 1 aliphatic heterocycles. The molecule has 7 heteroatoms. The van der Waals surface area contributed by atoms with Crippen LogP contribution < -0.4 is 18.9 Å². The summed E-state index contributed by atoms with van der Waals surface area (Å²) < 4.78 is 26.7. The molecule has 152 valence electrons. The average molecular weight is 398 g/mol. The Balaban J connectivity index is 1.77. The number of ether oxygens (including phenoxy) is 5. The zero-order valence-corrected chi connectivity index (χ0v) is 16.7. The second-order valence-electron chi connectivity index (χ2n) is 6.53. The van der Waals surface area contributed by atoms with Crippen molar-refractivity contribution < 1.29 is 33.3 Å². The van der Waals surface area contributed by atoms with Crippen LogP contribution in [0, 0.1) is 0 Å². The molecule has 0 radical (unpaired) electrons. The lowest BCUT2D eigenvalue weighted by Gasteiger charge is -2.09. The molecule has 2 aromatic carbocycles. The lowest BCUT2D eigenvalue weighted by molar-refractivity contribution is -0.149. The fourth-order valence-corrected chi connectivity index (χ4v) is 2.78. The summed E-state index contributed by atoms with van der Waals surface area (Å²) in [5.74, 6) is 1.41. The van der Waals surface area contributed by atoms with Gasteiger partial charge in [-0.05, 0) is 44.2 Å². The van der Waals surface area contributed by atoms with E-state index in [1.165, 1.54) is 7.11 Å². The molecule has 0 spiro atoms. The molecule has 0 N–H and O–H groups in total. The minimum Gasteiger partial charge on any atom is -0.497 e. The number of hydrogen-bond acceptors (Lipinski definition) is 7. The number of carbonyl (C=O) groups is 2. The predicted molar refractivity (Wildman–Crippen MR) is 106 cm³/mol. The third-order valence-electron chi connectivity index (χ3n) is 4.09. The van der Waals surface area contributed by atoms with Crippen LogP contribution in [-0.2, 0) is 9.53 Å². The van der Waals surface area contributed by atoms with Crippen molar-refractivity contribution in [1.82, 2.24) is 0 Å². The Morgan fingerprint density at radius 3 is 2.52 bits per heavy atom. The molecule has 0 aromatic heterocycles. The van der Waals surface area contributed by atoms with E-state index in [4.69, 9.17) is 23.7 Å². The van der Waals surface area contributed by atoms with E-state index in [1.54, 1.807) is 63.4 Å². The van der Waals surface area contributed by atoms with E-state index < -0.39 is 5.97 Å². The van der Waals surface area contributed by atoms with Gasteiger partial charge >= 0.3 is 5.97 Å². The maximum absolute atomic E-state index is 12.6. The number of esters is 1. The van der Waals surface area contributed by atoms with Gasteiger partial charge in [0.1, 0.15) is 23.0 Å². The largest absolute Gasteiger partial charge is 0.497 e. The molecule has 3 rings (SSSR count). The predicted octanol–water partition coefficient (Wildman–Crippen LogP) is 3.65. The Kier molecular flexibility index (Phi) is 6.07. The number of allylic oxidation sites excluding steroid dienone is 1. The van der Waals surface area contributed by atoms with Gasteiger partial charge in [0.05, 0.1) is 25.9 Å². The van der Waals surface area contributed by atoms with E-state index in [9.17, 15) is 9.59 Å². The van der Waals surface area contributed by atoms with Gasteiger partial charge in [-0.15, -0.1) is 0 Å². The van der Waals surface area contributed by atoms with Gasteiger partial charge in [0.2, 0.25) is 5.78 Å². The van der Waals surface area contributed by atoms with Crippen molar-refractivity contribution in [3.8, 4) is 23.0 Å². The second kappa shape index (κ2) is 8.68. The van der Waals surface area contributed by atoms with E-state index in [-0.39, 0.29) is 24.3 Å². The van der Waals surface area contributed by atoms with Crippen molar-refractivity contribution in [2.45, 2.75) is 20.0 Å². The fourth-order valence-electron chi connectivity index (χ4n) is 2.78. The van der Waals surface area contributed by atoms with Crippen LogP contribution in [0.15, 0.2) is 42.2 Å². The van der Waals surface area contributed by atoms with Gasteiger partial charge in [0.25, 0.3) is 0 Å². The maximum atomic E-state index is 12.6. The van der Waals surface area contributed by atoms with Gasteiger partial charge in [-0.3, -0.25) is 4.79 Å². The van der Waals surface area contributed by atoms with Gasteiger partial charge in [0, 0.05) is 17.7 Å². The highest BCUT2D eigenvalue weighted by molar-refractivity contribution is 6.14. The van der Waals surface area contributed by atoms with Gasteiger partial charge in [-0.2, -0.15) is 0 Å². The van der Waals surface area contributed by atoms with Crippen LogP contribution in [0.25, 0.3) is 6.08 Å². The second-order valence-corrected chi connectivity index (χ2v) is 6.53. The van der Waals surface area contributed by atoms with Crippen LogP contribution in [0.1, 0.15) is 29.8 Å². The lowest BCUT2D eigenvalue weighted by atomic mass is 10.1. The van der Waals surface area contributed by atoms with Crippen LogP contribution in [0.2, 0.25) is 0 Å². The van der Waals surface area contributed by atoms with Crippen LogP contribution >= 0.6 is 0 Å². The van der Waals surface area contributed by atoms with Gasteiger partial charge in [-0.1, -0.05) is 0 Å². The molecule has 1 heterocycles. The van der Waals surface area contributed by atoms with Crippen LogP contribution in [0.4, 0.5) is 0 Å². The van der Waals surface area contributed by atoms with Crippen molar-refractivity contribution >= 4 is 17.8 Å². The normalized spacial score (nSPS) is 13.8. The van der Waals surface area contributed by atoms with Crippen molar-refractivity contribution in [3.63, 3.8) is 0 Å². The van der Waals surface area contributed by atoms with Gasteiger partial charge in [-0.25, -0.2) is 4.79 Å². The molecule has 0 fully saturated rings. The highest BCUT2D eigenvalue weighted by Crippen LogP contribution is 2.36. The molecule has 2 aromatic rings. The quantitative estimate of drug-likeness (QED) is 0.520. The molecular formula is C22H22O7. The number of benzene rings is 2. The number of rotatable bonds is 7. The summed E-state index contributed by atoms with van der Waals surface area (Å²) in [6.07, 6.45) is 1.40. The number of Topliss-reactive ketones (excluding diaryl/α,β-unsaturated/α-hetero) is 1. The average Bonchev–Trinajstić information content (AvgIpc) is 3.01. The first-order chi connectivity index (χ1) is 13.9. The SMILES string of the molecule is COc1ccc(/C=C2/Oc3cc(OCC(=O)OC(C)C)ccc3C2=O)c(OC)c1. The van der Waals surface area contributed by atoms with Gasteiger partial charge in [0.15, 0.2) is 12.4 Å². The molecule has 29 heavy (non-hydrogen) atoms. The van der Waals surface area contributed by atoms with E-state index in [0.29, 0.717) is 34.1 Å². The summed E-state index contributed by atoms with van der Waals surface area (Å²) in [6, 6.07) is 10.1. The standard InChI is InChI=1S/C22H22O7/c1-13(2)28-21(23)12-27-16-7-8-17-19(11-16)29-20(22(17)24)9-14-5-6-15(25-3)10-18(14)26-4/h5-11,13H,12H2,1-4H3/b20-9+. The first-order valence-electron chi connectivity index (χ1n) is 9.04. The summed E-state index contributed by atoms with van der Waals surface area (Å²) in [4.78, 5) is 24.3. The number of hydrogen-bond donors (Lipinski definition) is 0. The Hall–Kier alpha value is -3.48. The molecule has 7 nitrogen and oxygen atoms in total. The third kappa shape index (κ3) is 4.68. The molecule has 0 bridgehead atoms. The zero-order valence-electron chi connectivity index (χ0n) is 16.7. The van der Waals surface area contributed by atoms with Gasteiger partial charge < -0.3 is 23.7 Å². The first kappa shape index (κ1) is 20.3. The van der Waals surface area contributed by atoms with Crippen molar-refractivity contribution in [3.05, 3.63) is 53.3 Å². The monoisotopic (exact) mass is 398 g/mol. The Labute approximate surface area is 168 Å². The highest BCUT2D eigenvalue weighted by atomic mass is 16.6. The summed E-state index contributed by atoms with van der Waals surface area (Å²) in [6.45, 7) is 3.30. The highest BCUT2D eigenvalue weighted by Gasteiger charge is 2.28. The van der Waals surface area contributed by atoms with E-state index in [2.05, 4.69) is 0 Å². The minimum absolute atomic E-state index is 0.167. The third-order valence-corrected chi connectivity index (χ3v) is 4.09. The molecule has 0 saturated heterocycles. The van der Waals surface area contributed by atoms with Crippen LogP contribution in [-0.4, -0.2) is 38.7 Å². The molecule has 0 aliphatic carbocycles. The topological polar surface area (TPSA) is 80.3 Å². The lowest BCUT2D eigenvalue weighted by Crippen LogP contribution is -2.18. The molecule has 1 aliphatic rings. The Morgan fingerprint density at radius 1 is 1.07 bits per heavy atom. The van der Waals surface area contributed by atoms with E-state index in [1.807, 2.05) is 0 Å². The summed E-state index contributed by atoms with van der Waals surface area (Å²) in [5.41, 5.74) is 1.10. The number of ketones is 1. The maximum Gasteiger partial charge on any atom is 0.344 e. The zero-order chi connectivity index (χ0) is 21.0. The molecular weight excluding hydrogens is 376 g/mol.